The summed E-state index contributed by atoms with van der Waals surface area (Å²) in [6, 6.07) is 21.7. The van der Waals surface area contributed by atoms with Gasteiger partial charge in [0.1, 0.15) is 37.3 Å². The zero-order chi connectivity index (χ0) is 75.9. The molecule has 5 aromatic carbocycles. The second kappa shape index (κ2) is 39.7. The Bertz CT molecular complexity index is 3960. The molecule has 3 unspecified atom stereocenters. The van der Waals surface area contributed by atoms with Crippen LogP contribution in [0.5, 0.6) is 17.2 Å². The van der Waals surface area contributed by atoms with Gasteiger partial charge in [0.25, 0.3) is 5.91 Å². The van der Waals surface area contributed by atoms with Crippen molar-refractivity contribution in [2.75, 3.05) is 73.9 Å². The number of anilines is 2. The highest BCUT2D eigenvalue weighted by molar-refractivity contribution is 7.94. The van der Waals surface area contributed by atoms with Crippen LogP contribution in [0.25, 0.3) is 0 Å². The van der Waals surface area contributed by atoms with Crippen molar-refractivity contribution in [1.82, 2.24) is 10.5 Å². The number of ether oxygens (including phenoxy) is 4. The molecule has 4 atom stereocenters. The topological polar surface area (TPSA) is 319 Å². The number of aliphatic carboxylic acids is 2. The molecule has 4 N–H and O–H groups in total. The van der Waals surface area contributed by atoms with Gasteiger partial charge in [0.05, 0.1) is 105 Å². The van der Waals surface area contributed by atoms with Crippen molar-refractivity contribution in [2.45, 2.75) is 100 Å². The van der Waals surface area contributed by atoms with Crippen molar-refractivity contribution in [3.05, 3.63) is 158 Å². The highest BCUT2D eigenvalue weighted by Gasteiger charge is 2.37. The molecule has 1 aliphatic heterocycles. The number of ketones is 1. The summed E-state index contributed by atoms with van der Waals surface area (Å²) in [5, 5.41) is 22.0. The Kier molecular flexibility index (Phi) is 34.7. The number of benzene rings is 5. The first-order valence-electron chi connectivity index (χ1n) is 29.3. The minimum Gasteiger partial charge on any atom is -0.778 e. The Morgan fingerprint density at radius 2 is 1.47 bits per heavy atom. The number of carbonyl (C=O) groups is 6. The highest BCUT2D eigenvalue weighted by atomic mass is 35.5. The molecule has 2 amide bonds. The number of fused-ring (bicyclic) bond motifs is 1. The van der Waals surface area contributed by atoms with E-state index in [1.165, 1.54) is 18.3 Å². The van der Waals surface area contributed by atoms with Crippen LogP contribution < -0.4 is 29.5 Å². The number of sulfone groups is 1. The number of carboxylic acid groups (broad SMARTS) is 2. The van der Waals surface area contributed by atoms with Gasteiger partial charge in [-0.1, -0.05) is 88.8 Å². The van der Waals surface area contributed by atoms with E-state index in [9.17, 15) is 73.0 Å². The summed E-state index contributed by atoms with van der Waals surface area (Å²) < 4.78 is 136. The van der Waals surface area contributed by atoms with E-state index in [1.54, 1.807) is 16.9 Å². The van der Waals surface area contributed by atoms with Crippen LogP contribution in [0.2, 0.25) is 10.0 Å². The largest absolute Gasteiger partial charge is 0.778 e. The van der Waals surface area contributed by atoms with Crippen molar-refractivity contribution in [1.29, 1.82) is 0 Å². The maximum absolute atomic E-state index is 12.8. The summed E-state index contributed by atoms with van der Waals surface area (Å²) in [4.78, 5) is 88.9. The Balaban J connectivity index is 0.000000330. The van der Waals surface area contributed by atoms with Crippen molar-refractivity contribution >= 4 is 133 Å². The van der Waals surface area contributed by atoms with E-state index in [1.807, 2.05) is 62.5 Å². The molecule has 550 valence electrons. The van der Waals surface area contributed by atoms with Gasteiger partial charge in [-0.2, -0.15) is 26.3 Å². The minimum atomic E-state index is -4.71. The van der Waals surface area contributed by atoms with E-state index in [-0.39, 0.29) is 73.9 Å². The molecule has 0 saturated heterocycles. The lowest BCUT2D eigenvalue weighted by Crippen LogP contribution is -2.47. The van der Waals surface area contributed by atoms with Gasteiger partial charge in [-0.15, -0.1) is 11.6 Å². The van der Waals surface area contributed by atoms with Crippen LogP contribution in [0.4, 0.5) is 37.7 Å². The molecule has 0 bridgehead atoms. The number of hydrogen-bond donors (Lipinski definition) is 4. The normalized spacial score (nSPS) is 14.4. The number of nitrogens with one attached hydrogen (secondary N) is 1. The maximum atomic E-state index is 12.8. The molecule has 1 saturated carbocycles. The number of aromatic nitrogens is 1. The summed E-state index contributed by atoms with van der Waals surface area (Å²) in [5.74, 6) is -3.62. The molecule has 1 fully saturated rings. The number of halogens is 11. The molecule has 2 aliphatic rings. The lowest BCUT2D eigenvalue weighted by Gasteiger charge is -2.35. The number of amides is 2. The van der Waals surface area contributed by atoms with Crippen molar-refractivity contribution in [3.8, 4) is 17.2 Å². The molecule has 22 nitrogen and oxygen atoms in total. The van der Waals surface area contributed by atoms with Gasteiger partial charge in [0.2, 0.25) is 5.91 Å². The lowest BCUT2D eigenvalue weighted by molar-refractivity contribution is -0.193. The number of carboxylic acids is 2. The van der Waals surface area contributed by atoms with Crippen LogP contribution in [0.3, 0.4) is 0 Å². The predicted molar refractivity (Wildman–Crippen MR) is 367 cm³/mol. The van der Waals surface area contributed by atoms with E-state index in [4.69, 9.17) is 96.6 Å². The Hall–Kier alpha value is -6.67. The summed E-state index contributed by atoms with van der Waals surface area (Å²) >= 11 is 28.7. The van der Waals surface area contributed by atoms with Crippen molar-refractivity contribution < 1.29 is 112 Å². The molecular weight excluding hydrogens is 1500 g/mol. The number of esters is 1. The molecule has 1 aromatic heterocycles. The van der Waals surface area contributed by atoms with Crippen LogP contribution >= 0.6 is 65.6 Å². The fraction of sp³-hybridized carbons (Fsp3) is 0.391. The Morgan fingerprint density at radius 3 is 1.99 bits per heavy atom. The quantitative estimate of drug-likeness (QED) is 0.0138. The van der Waals surface area contributed by atoms with Crippen LogP contribution in [0.15, 0.2) is 113 Å². The maximum Gasteiger partial charge on any atom is 0.416 e. The number of carbonyl (C=O) groups excluding carboxylic acids is 4. The fourth-order valence-corrected chi connectivity index (χ4v) is 10.7. The number of nitrogens with zero attached hydrogens (tertiary/aromatic N) is 3. The molecule has 36 heteroatoms. The van der Waals surface area contributed by atoms with Crippen molar-refractivity contribution in [2.24, 2.45) is 0 Å². The monoisotopic (exact) mass is 1570 g/mol. The first kappa shape index (κ1) is 87.5. The van der Waals surface area contributed by atoms with E-state index in [0.29, 0.717) is 53.8 Å². The first-order valence-corrected chi connectivity index (χ1v) is 37.6. The average molecular weight is 1570 g/mol. The molecule has 8 rings (SSSR count). The second-order valence-electron chi connectivity index (χ2n) is 22.1. The van der Waals surface area contributed by atoms with Gasteiger partial charge in [0.15, 0.2) is 32.3 Å². The molecular formula is C64H72Cl5F6N4O18PS2. The third kappa shape index (κ3) is 27.9. The van der Waals surface area contributed by atoms with E-state index >= 15 is 0 Å². The van der Waals surface area contributed by atoms with Gasteiger partial charge in [-0.25, -0.2) is 18.0 Å². The SMILES string of the molecule is CC1COc2ccccc2N1C(=O)C(Cl)Cl.CCc1cccc(C)c1N(C(=O)CCl)C(C)COC.CS(=O)(=O)c1cc(C(F)(F)F)ccc1C(=O)c1cnoc1C1CC1.C[C@H](OC(=O)c1cc(Oc2ccc(C(F)(F)F)cc2Cl)ccc1Cl)C(=O)O.C[S+](C)C.O=C(O)CNCP(=O)([O-])O. The molecule has 100 heavy (non-hydrogen) atoms. The Labute approximate surface area is 600 Å². The smallest absolute Gasteiger partial charge is 0.416 e. The third-order valence-corrected chi connectivity index (χ3v) is 16.2. The Morgan fingerprint density at radius 1 is 0.870 bits per heavy atom. The number of hydrogen-bond acceptors (Lipinski definition) is 17. The van der Waals surface area contributed by atoms with Gasteiger partial charge in [0, 0.05) is 24.8 Å². The van der Waals surface area contributed by atoms with Crippen LogP contribution in [0, 0.1) is 6.92 Å². The minimum absolute atomic E-state index is 0.0223. The van der Waals surface area contributed by atoms with Gasteiger partial charge in [-0.3, -0.25) is 24.5 Å². The summed E-state index contributed by atoms with van der Waals surface area (Å²) in [6.07, 6.45) is -0.348. The molecule has 6 aromatic rings. The zero-order valence-corrected chi connectivity index (χ0v) is 61.4. The van der Waals surface area contributed by atoms with Crippen LogP contribution in [-0.2, 0) is 72.7 Å². The van der Waals surface area contributed by atoms with E-state index in [2.05, 4.69) is 36.9 Å². The number of alkyl halides is 9. The summed E-state index contributed by atoms with van der Waals surface area (Å²) in [7, 11) is -6.11. The number of aryl methyl sites for hydroxylation is 2. The first-order chi connectivity index (χ1) is 46.4. The van der Waals surface area contributed by atoms with Gasteiger partial charge >= 0.3 is 30.3 Å². The lowest BCUT2D eigenvalue weighted by atomic mass is 10.0. The van der Waals surface area contributed by atoms with Crippen LogP contribution in [0.1, 0.15) is 101 Å². The number of rotatable bonds is 20. The number of para-hydroxylation sites is 3. The summed E-state index contributed by atoms with van der Waals surface area (Å²) in [6.45, 7) is 9.58. The number of methoxy groups -OCH3 is 1. The van der Waals surface area contributed by atoms with Gasteiger partial charge in [-0.05, 0) is 136 Å². The molecule has 2 heterocycles. The third-order valence-electron chi connectivity index (χ3n) is 13.3. The fourth-order valence-electron chi connectivity index (χ4n) is 8.65. The van der Waals surface area contributed by atoms with Gasteiger partial charge < -0.3 is 57.8 Å². The van der Waals surface area contributed by atoms with Crippen molar-refractivity contribution in [3.63, 3.8) is 0 Å². The van der Waals surface area contributed by atoms with Crippen LogP contribution in [-0.4, -0.2) is 151 Å². The molecule has 0 radical (unpaired) electrons. The highest BCUT2D eigenvalue weighted by Crippen LogP contribution is 2.43. The van der Waals surface area contributed by atoms with E-state index in [0.717, 1.165) is 79.2 Å². The van der Waals surface area contributed by atoms with E-state index < -0.39 is 93.3 Å². The standard InChI is InChI=1S/C17H11Cl2F3O5.C15H22ClNO2.C15H12F3NO4S.C11H11Cl2NO2.C3H8NO5P.C3H9S/c1-8(15(23)24)26-16(25)11-7-10(3-4-12(11)18)27-14-5-2-9(6-13(14)19)17(20,21)22;1-5-13-8-6-7-11(2)15(13)17(14(18)9-16)12(3)10-19-4;1-24(21,22)12-6-9(15(16,17)18)4-5-10(12)13(20)11-7-19-23-14(11)8-2-3-8;1-7-6-16-9-5-3-2-4-8(9)14(7)11(15)10(12)13;5-3(6)1-4-2-10(7,8)9;1-4(2)3/h2-8H,1H3,(H,23,24);6-8,12H,5,9-10H2,1-4H3;4-8H,2-3H2,1H3;2-5,7,10H,6H2,1H3;4H,1-2H2,(H,5,6)(H2,7,8,9);1-3H3/q;;;;;+1/p-1/t8-;;;;;/m0...../s1. The second-order valence-corrected chi connectivity index (χ2v) is 30.3. The predicted octanol–water partition coefficient (Wildman–Crippen LogP) is 13.1. The average Bonchev–Trinajstić information content (AvgIpc) is 1.39. The zero-order valence-electron chi connectivity index (χ0n) is 55.1. The molecule has 0 spiro atoms. The molecule has 1 aliphatic carbocycles. The summed E-state index contributed by atoms with van der Waals surface area (Å²) in [5.41, 5.74) is 1.44.